The number of nitrogens with zero attached hydrogens (tertiary/aromatic N) is 4. The third-order valence-corrected chi connectivity index (χ3v) is 5.22. The molecule has 3 aromatic heterocycles. The molecular formula is C19H16ClN5O. The molecule has 1 aromatic carbocycles. The zero-order chi connectivity index (χ0) is 17.7. The number of H-pyrrole nitrogens is 1. The first-order valence-electron chi connectivity index (χ1n) is 8.54. The summed E-state index contributed by atoms with van der Waals surface area (Å²) in [4.78, 5) is 26.8. The molecule has 1 atom stereocenters. The molecule has 5 rings (SSSR count). The fourth-order valence-electron chi connectivity index (χ4n) is 3.68. The van der Waals surface area contributed by atoms with Gasteiger partial charge in [0.1, 0.15) is 11.2 Å². The van der Waals surface area contributed by atoms with E-state index in [1.165, 1.54) is 0 Å². The molecule has 0 bridgehead atoms. The van der Waals surface area contributed by atoms with Gasteiger partial charge in [0.25, 0.3) is 5.91 Å². The normalized spacial score (nSPS) is 17.4. The molecule has 1 N–H and O–H groups in total. The van der Waals surface area contributed by atoms with Gasteiger partial charge in [-0.3, -0.25) is 4.79 Å². The average Bonchev–Trinajstić information content (AvgIpc) is 3.37. The summed E-state index contributed by atoms with van der Waals surface area (Å²) in [6, 6.07) is 11.5. The Kier molecular flexibility index (Phi) is 3.46. The van der Waals surface area contributed by atoms with Crippen molar-refractivity contribution in [3.8, 4) is 0 Å². The van der Waals surface area contributed by atoms with Gasteiger partial charge in [-0.1, -0.05) is 11.6 Å². The molecule has 4 aromatic rings. The molecule has 0 spiro atoms. The summed E-state index contributed by atoms with van der Waals surface area (Å²) in [6.07, 6.45) is 4.48. The largest absolute Gasteiger partial charge is 0.351 e. The second kappa shape index (κ2) is 5.85. The van der Waals surface area contributed by atoms with Gasteiger partial charge in [0, 0.05) is 35.2 Å². The van der Waals surface area contributed by atoms with Crippen LogP contribution < -0.4 is 0 Å². The molecule has 6 nitrogen and oxygen atoms in total. The lowest BCUT2D eigenvalue weighted by molar-refractivity contribution is 0.0783. The molecule has 1 aliphatic rings. The predicted octanol–water partition coefficient (Wildman–Crippen LogP) is 3.65. The SMILES string of the molecule is O=C(c1cc2cc(Cl)ccc2[nH]1)N1CC[C@@H](n2cnc3cccnc32)C1. The minimum absolute atomic E-state index is 0.0113. The number of benzene rings is 1. The summed E-state index contributed by atoms with van der Waals surface area (Å²) < 4.78 is 2.08. The van der Waals surface area contributed by atoms with Crippen molar-refractivity contribution in [2.75, 3.05) is 13.1 Å². The molecule has 1 amide bonds. The van der Waals surface area contributed by atoms with E-state index < -0.39 is 0 Å². The number of hydrogen-bond acceptors (Lipinski definition) is 3. The van der Waals surface area contributed by atoms with Gasteiger partial charge < -0.3 is 14.5 Å². The Labute approximate surface area is 154 Å². The first kappa shape index (κ1) is 15.4. The van der Waals surface area contributed by atoms with Crippen LogP contribution in [0.3, 0.4) is 0 Å². The number of nitrogens with one attached hydrogen (secondary N) is 1. The number of aromatic nitrogens is 4. The van der Waals surface area contributed by atoms with Crippen LogP contribution in [0.4, 0.5) is 0 Å². The zero-order valence-electron chi connectivity index (χ0n) is 13.9. The fraction of sp³-hybridized carbons (Fsp3) is 0.211. The van der Waals surface area contributed by atoms with Crippen molar-refractivity contribution in [2.24, 2.45) is 0 Å². The number of halogens is 1. The zero-order valence-corrected chi connectivity index (χ0v) is 14.6. The van der Waals surface area contributed by atoms with Gasteiger partial charge >= 0.3 is 0 Å². The Balaban J connectivity index is 1.40. The number of carbonyl (C=O) groups is 1. The summed E-state index contributed by atoms with van der Waals surface area (Å²) in [5.41, 5.74) is 3.26. The standard InChI is InChI=1S/C19H16ClN5O/c20-13-3-4-15-12(8-13)9-17(23-15)19(26)24-7-5-14(10-24)25-11-22-16-2-1-6-21-18(16)25/h1-4,6,8-9,11,14,23H,5,7,10H2/t14-/m1/s1. The highest BCUT2D eigenvalue weighted by molar-refractivity contribution is 6.31. The van der Waals surface area contributed by atoms with Gasteiger partial charge in [0.05, 0.1) is 12.4 Å². The van der Waals surface area contributed by atoms with Crippen LogP contribution in [-0.2, 0) is 0 Å². The van der Waals surface area contributed by atoms with Crippen molar-refractivity contribution in [2.45, 2.75) is 12.5 Å². The minimum Gasteiger partial charge on any atom is -0.351 e. The molecule has 4 heterocycles. The first-order valence-corrected chi connectivity index (χ1v) is 8.92. The van der Waals surface area contributed by atoms with Gasteiger partial charge in [0.15, 0.2) is 5.65 Å². The fourth-order valence-corrected chi connectivity index (χ4v) is 3.86. The van der Waals surface area contributed by atoms with Crippen LogP contribution in [0.5, 0.6) is 0 Å². The number of rotatable bonds is 2. The molecule has 130 valence electrons. The van der Waals surface area contributed by atoms with E-state index in [-0.39, 0.29) is 11.9 Å². The molecular weight excluding hydrogens is 350 g/mol. The summed E-state index contributed by atoms with van der Waals surface area (Å²) >= 11 is 6.03. The van der Waals surface area contributed by atoms with E-state index in [0.717, 1.165) is 28.5 Å². The second-order valence-corrected chi connectivity index (χ2v) is 7.04. The number of imidazole rings is 1. The number of fused-ring (bicyclic) bond motifs is 2. The van der Waals surface area contributed by atoms with Crippen LogP contribution >= 0.6 is 11.6 Å². The smallest absolute Gasteiger partial charge is 0.270 e. The third kappa shape index (κ3) is 2.45. The van der Waals surface area contributed by atoms with Crippen molar-refractivity contribution in [3.63, 3.8) is 0 Å². The third-order valence-electron chi connectivity index (χ3n) is 4.99. The summed E-state index contributed by atoms with van der Waals surface area (Å²) in [6.45, 7) is 1.36. The molecule has 0 unspecified atom stereocenters. The van der Waals surface area contributed by atoms with Crippen LogP contribution in [0.25, 0.3) is 22.1 Å². The highest BCUT2D eigenvalue weighted by atomic mass is 35.5. The molecule has 1 aliphatic heterocycles. The van der Waals surface area contributed by atoms with E-state index in [9.17, 15) is 4.79 Å². The lowest BCUT2D eigenvalue weighted by Gasteiger charge is -2.16. The molecule has 1 fully saturated rings. The van der Waals surface area contributed by atoms with Crippen molar-refractivity contribution in [1.82, 2.24) is 24.4 Å². The first-order chi connectivity index (χ1) is 12.7. The maximum Gasteiger partial charge on any atom is 0.270 e. The van der Waals surface area contributed by atoms with Crippen LogP contribution in [0.15, 0.2) is 48.9 Å². The molecule has 0 saturated carbocycles. The van der Waals surface area contributed by atoms with E-state index in [1.807, 2.05) is 47.6 Å². The number of likely N-dealkylation sites (tertiary alicyclic amines) is 1. The Hall–Kier alpha value is -2.86. The molecule has 0 radical (unpaired) electrons. The minimum atomic E-state index is 0.0113. The Morgan fingerprint density at radius 2 is 2.15 bits per heavy atom. The quantitative estimate of drug-likeness (QED) is 0.589. The number of amides is 1. The number of carbonyl (C=O) groups excluding carboxylic acids is 1. The highest BCUT2D eigenvalue weighted by Gasteiger charge is 2.29. The molecule has 26 heavy (non-hydrogen) atoms. The van der Waals surface area contributed by atoms with Crippen molar-refractivity contribution >= 4 is 39.6 Å². The van der Waals surface area contributed by atoms with E-state index >= 15 is 0 Å². The molecule has 7 heteroatoms. The summed E-state index contributed by atoms with van der Waals surface area (Å²) in [5.74, 6) is 0.0113. The number of hydrogen-bond donors (Lipinski definition) is 1. The Morgan fingerprint density at radius 1 is 1.23 bits per heavy atom. The summed E-state index contributed by atoms with van der Waals surface area (Å²) in [5, 5.41) is 1.61. The highest BCUT2D eigenvalue weighted by Crippen LogP contribution is 2.27. The monoisotopic (exact) mass is 365 g/mol. The maximum atomic E-state index is 12.9. The van der Waals surface area contributed by atoms with E-state index in [4.69, 9.17) is 11.6 Å². The van der Waals surface area contributed by atoms with Gasteiger partial charge in [-0.15, -0.1) is 0 Å². The van der Waals surface area contributed by atoms with E-state index in [0.29, 0.717) is 23.8 Å². The predicted molar refractivity (Wildman–Crippen MR) is 100 cm³/mol. The number of pyridine rings is 1. The molecule has 0 aliphatic carbocycles. The van der Waals surface area contributed by atoms with Gasteiger partial charge in [-0.25, -0.2) is 9.97 Å². The van der Waals surface area contributed by atoms with Crippen LogP contribution in [0.2, 0.25) is 5.02 Å². The molecule has 1 saturated heterocycles. The van der Waals surface area contributed by atoms with Crippen molar-refractivity contribution in [1.29, 1.82) is 0 Å². The number of aromatic amines is 1. The average molecular weight is 366 g/mol. The van der Waals surface area contributed by atoms with E-state index in [2.05, 4.69) is 19.5 Å². The topological polar surface area (TPSA) is 66.8 Å². The Bertz CT molecular complexity index is 1130. The van der Waals surface area contributed by atoms with Gasteiger partial charge in [-0.2, -0.15) is 0 Å². The lowest BCUT2D eigenvalue weighted by atomic mass is 10.2. The van der Waals surface area contributed by atoms with Gasteiger partial charge in [-0.05, 0) is 42.8 Å². The maximum absolute atomic E-state index is 12.9. The lowest BCUT2D eigenvalue weighted by Crippen LogP contribution is -2.29. The second-order valence-electron chi connectivity index (χ2n) is 6.61. The van der Waals surface area contributed by atoms with Crippen molar-refractivity contribution in [3.05, 3.63) is 59.6 Å². The van der Waals surface area contributed by atoms with Crippen LogP contribution in [0, 0.1) is 0 Å². The Morgan fingerprint density at radius 3 is 3.08 bits per heavy atom. The van der Waals surface area contributed by atoms with Gasteiger partial charge in [0.2, 0.25) is 0 Å². The van der Waals surface area contributed by atoms with Crippen LogP contribution in [0.1, 0.15) is 23.0 Å². The van der Waals surface area contributed by atoms with Crippen LogP contribution in [-0.4, -0.2) is 43.4 Å². The van der Waals surface area contributed by atoms with E-state index in [1.54, 1.807) is 6.20 Å². The van der Waals surface area contributed by atoms with Crippen molar-refractivity contribution < 1.29 is 4.79 Å². The summed E-state index contributed by atoms with van der Waals surface area (Å²) in [7, 11) is 0.